The third-order valence-corrected chi connectivity index (χ3v) is 2.68. The van der Waals surface area contributed by atoms with E-state index in [1.165, 1.54) is 6.07 Å². The number of primary sulfonamides is 1. The number of methoxy groups -OCH3 is 1. The number of aromatic nitrogens is 1. The van der Waals surface area contributed by atoms with E-state index < -0.39 is 38.4 Å². The zero-order valence-electron chi connectivity index (χ0n) is 8.52. The molecule has 1 aromatic rings. The average molecular weight is 263 g/mol. The van der Waals surface area contributed by atoms with Gasteiger partial charge in [-0.3, -0.25) is 0 Å². The van der Waals surface area contributed by atoms with Gasteiger partial charge in [-0.05, 0) is 0 Å². The van der Waals surface area contributed by atoms with Gasteiger partial charge in [-0.15, -0.1) is 0 Å². The third kappa shape index (κ3) is 2.48. The number of nitriles is 1. The van der Waals surface area contributed by atoms with Crippen LogP contribution < -0.4 is 9.88 Å². The van der Waals surface area contributed by atoms with Crippen LogP contribution in [0.2, 0.25) is 0 Å². The van der Waals surface area contributed by atoms with Gasteiger partial charge in [0.1, 0.15) is 11.6 Å². The molecule has 9 heteroatoms. The molecule has 0 aliphatic heterocycles. The highest BCUT2D eigenvalue weighted by Gasteiger charge is 2.26. The molecule has 2 N–H and O–H groups in total. The zero-order valence-corrected chi connectivity index (χ0v) is 9.33. The molecule has 0 atom stereocenters. The summed E-state index contributed by atoms with van der Waals surface area (Å²) in [4.78, 5) is 3.28. The standard InChI is InChI=1S/C8H7F2N3O3S/c1-16-6-4(2-11)5(7(9)10)3-13-8(6)17(12,14)15/h3,7H,1H3,(H2,12,14,15). The van der Waals surface area contributed by atoms with Gasteiger partial charge in [0.15, 0.2) is 5.75 Å². The molecule has 0 fully saturated rings. The molecular formula is C8H7F2N3O3S. The summed E-state index contributed by atoms with van der Waals surface area (Å²) in [5.41, 5.74) is -1.31. The van der Waals surface area contributed by atoms with E-state index in [2.05, 4.69) is 9.72 Å². The fourth-order valence-corrected chi connectivity index (χ4v) is 1.81. The highest BCUT2D eigenvalue weighted by molar-refractivity contribution is 7.89. The lowest BCUT2D eigenvalue weighted by Crippen LogP contribution is -2.16. The fourth-order valence-electron chi connectivity index (χ4n) is 1.16. The van der Waals surface area contributed by atoms with E-state index in [0.29, 0.717) is 6.20 Å². The van der Waals surface area contributed by atoms with Gasteiger partial charge in [0.2, 0.25) is 5.03 Å². The van der Waals surface area contributed by atoms with Gasteiger partial charge < -0.3 is 4.74 Å². The molecule has 6 nitrogen and oxygen atoms in total. The minimum absolute atomic E-state index is 0.576. The lowest BCUT2D eigenvalue weighted by Gasteiger charge is -2.10. The van der Waals surface area contributed by atoms with Crippen molar-refractivity contribution >= 4 is 10.0 Å². The molecule has 0 unspecified atom stereocenters. The maximum Gasteiger partial charge on any atom is 0.266 e. The van der Waals surface area contributed by atoms with Crippen molar-refractivity contribution < 1.29 is 21.9 Å². The first-order chi connectivity index (χ1) is 7.82. The van der Waals surface area contributed by atoms with Crippen LogP contribution in [0.4, 0.5) is 8.78 Å². The Kier molecular flexibility index (Phi) is 3.59. The average Bonchev–Trinajstić information content (AvgIpc) is 2.25. The summed E-state index contributed by atoms with van der Waals surface area (Å²) in [5.74, 6) is -0.576. The topological polar surface area (TPSA) is 106 Å². The number of nitrogens with two attached hydrogens (primary N) is 1. The molecular weight excluding hydrogens is 256 g/mol. The van der Waals surface area contributed by atoms with Gasteiger partial charge in [0.05, 0.1) is 12.7 Å². The van der Waals surface area contributed by atoms with Crippen LogP contribution in [0.25, 0.3) is 0 Å². The van der Waals surface area contributed by atoms with Crippen molar-refractivity contribution in [1.82, 2.24) is 4.98 Å². The Morgan fingerprint density at radius 1 is 1.59 bits per heavy atom. The number of ether oxygens (including phenoxy) is 1. The number of sulfonamides is 1. The summed E-state index contributed by atoms with van der Waals surface area (Å²) in [7, 11) is -3.22. The first-order valence-corrected chi connectivity index (χ1v) is 5.65. The first kappa shape index (κ1) is 13.3. The van der Waals surface area contributed by atoms with Crippen molar-refractivity contribution in [2.75, 3.05) is 7.11 Å². The van der Waals surface area contributed by atoms with Crippen LogP contribution in [-0.4, -0.2) is 20.5 Å². The van der Waals surface area contributed by atoms with Gasteiger partial charge in [0, 0.05) is 6.20 Å². The highest BCUT2D eigenvalue weighted by Crippen LogP contribution is 2.32. The van der Waals surface area contributed by atoms with Crippen LogP contribution in [0.3, 0.4) is 0 Å². The second-order valence-electron chi connectivity index (χ2n) is 2.88. The second-order valence-corrected chi connectivity index (χ2v) is 4.36. The molecule has 0 aromatic carbocycles. The molecule has 92 valence electrons. The highest BCUT2D eigenvalue weighted by atomic mass is 32.2. The lowest BCUT2D eigenvalue weighted by atomic mass is 10.1. The van der Waals surface area contributed by atoms with Crippen molar-refractivity contribution in [2.45, 2.75) is 11.5 Å². The van der Waals surface area contributed by atoms with Crippen LogP contribution in [-0.2, 0) is 10.0 Å². The summed E-state index contributed by atoms with van der Waals surface area (Å²) in [6, 6.07) is 1.44. The van der Waals surface area contributed by atoms with Crippen LogP contribution in [0, 0.1) is 11.3 Å². The van der Waals surface area contributed by atoms with E-state index in [0.717, 1.165) is 7.11 Å². The molecule has 17 heavy (non-hydrogen) atoms. The number of halogens is 2. The molecule has 0 radical (unpaired) electrons. The molecule has 0 aliphatic carbocycles. The summed E-state index contributed by atoms with van der Waals surface area (Å²) in [6.07, 6.45) is -2.38. The zero-order chi connectivity index (χ0) is 13.2. The third-order valence-electron chi connectivity index (χ3n) is 1.85. The molecule has 0 saturated carbocycles. The Labute approximate surface area is 95.7 Å². The fraction of sp³-hybridized carbons (Fsp3) is 0.250. The van der Waals surface area contributed by atoms with Crippen LogP contribution in [0.15, 0.2) is 11.2 Å². The molecule has 1 rings (SSSR count). The largest absolute Gasteiger partial charge is 0.492 e. The molecule has 0 aliphatic rings. The SMILES string of the molecule is COc1c(S(N)(=O)=O)ncc(C(F)F)c1C#N. The number of alkyl halides is 2. The quantitative estimate of drug-likeness (QED) is 0.856. The number of rotatable bonds is 3. The van der Waals surface area contributed by atoms with Crippen LogP contribution >= 0.6 is 0 Å². The number of hydrogen-bond donors (Lipinski definition) is 1. The van der Waals surface area contributed by atoms with Gasteiger partial charge in [-0.25, -0.2) is 27.3 Å². The smallest absolute Gasteiger partial charge is 0.266 e. The Morgan fingerprint density at radius 2 is 2.18 bits per heavy atom. The Bertz CT molecular complexity index is 580. The number of nitrogens with zero attached hydrogens (tertiary/aromatic N) is 2. The number of hydrogen-bond acceptors (Lipinski definition) is 5. The van der Waals surface area contributed by atoms with Crippen molar-refractivity contribution in [3.8, 4) is 11.8 Å². The molecule has 0 spiro atoms. The van der Waals surface area contributed by atoms with Crippen molar-refractivity contribution in [1.29, 1.82) is 5.26 Å². The maximum atomic E-state index is 12.5. The molecule has 0 saturated heterocycles. The van der Waals surface area contributed by atoms with E-state index in [1.807, 2.05) is 0 Å². The van der Waals surface area contributed by atoms with Crippen molar-refractivity contribution in [3.05, 3.63) is 17.3 Å². The van der Waals surface area contributed by atoms with E-state index in [-0.39, 0.29) is 0 Å². The molecule has 1 aromatic heterocycles. The van der Waals surface area contributed by atoms with Gasteiger partial charge in [-0.1, -0.05) is 0 Å². The van der Waals surface area contributed by atoms with Gasteiger partial charge in [0.25, 0.3) is 16.4 Å². The first-order valence-electron chi connectivity index (χ1n) is 4.10. The Hall–Kier alpha value is -1.79. The van der Waals surface area contributed by atoms with E-state index in [4.69, 9.17) is 10.4 Å². The van der Waals surface area contributed by atoms with E-state index >= 15 is 0 Å². The molecule has 0 bridgehead atoms. The van der Waals surface area contributed by atoms with Crippen molar-refractivity contribution in [2.24, 2.45) is 5.14 Å². The summed E-state index contributed by atoms with van der Waals surface area (Å²) < 4.78 is 51.9. The molecule has 0 amide bonds. The summed E-state index contributed by atoms with van der Waals surface area (Å²) in [6.45, 7) is 0. The lowest BCUT2D eigenvalue weighted by molar-refractivity contribution is 0.150. The number of pyridine rings is 1. The van der Waals surface area contributed by atoms with Crippen molar-refractivity contribution in [3.63, 3.8) is 0 Å². The minimum Gasteiger partial charge on any atom is -0.492 e. The minimum atomic E-state index is -4.25. The van der Waals surface area contributed by atoms with Crippen LogP contribution in [0.1, 0.15) is 17.6 Å². The van der Waals surface area contributed by atoms with Gasteiger partial charge >= 0.3 is 0 Å². The molecule has 1 heterocycles. The van der Waals surface area contributed by atoms with E-state index in [1.54, 1.807) is 0 Å². The normalized spacial score (nSPS) is 11.3. The summed E-state index contributed by atoms with van der Waals surface area (Å²) >= 11 is 0. The Balaban J connectivity index is 3.68. The Morgan fingerprint density at radius 3 is 2.53 bits per heavy atom. The summed E-state index contributed by atoms with van der Waals surface area (Å²) in [5, 5.41) is 12.8. The van der Waals surface area contributed by atoms with Crippen LogP contribution in [0.5, 0.6) is 5.75 Å². The second kappa shape index (κ2) is 4.60. The maximum absolute atomic E-state index is 12.5. The van der Waals surface area contributed by atoms with Gasteiger partial charge in [-0.2, -0.15) is 5.26 Å². The van der Waals surface area contributed by atoms with E-state index in [9.17, 15) is 17.2 Å². The predicted molar refractivity (Wildman–Crippen MR) is 51.8 cm³/mol. The monoisotopic (exact) mass is 263 g/mol. The predicted octanol–water partition coefficient (Wildman–Crippen LogP) is 0.547.